The molecule has 0 N–H and O–H groups in total. The first-order valence-corrected chi connectivity index (χ1v) is 21.9. The van der Waals surface area contributed by atoms with Crippen LogP contribution in [0, 0.1) is 23.2 Å². The van der Waals surface area contributed by atoms with Crippen molar-refractivity contribution in [3.63, 3.8) is 0 Å². The summed E-state index contributed by atoms with van der Waals surface area (Å²) in [7, 11) is 2.22. The molecule has 0 fully saturated rings. The number of anilines is 2. The second-order valence-corrected chi connectivity index (χ2v) is 19.7. The molecule has 0 saturated heterocycles. The van der Waals surface area contributed by atoms with Gasteiger partial charge in [0.1, 0.15) is 5.58 Å². The molecule has 3 atom stereocenters. The molecule has 0 saturated carbocycles. The number of furan rings is 1. The minimum atomic E-state index is -0.0346. The van der Waals surface area contributed by atoms with E-state index in [-0.39, 0.29) is 16.2 Å². The van der Waals surface area contributed by atoms with E-state index in [0.717, 1.165) is 71.5 Å². The van der Waals surface area contributed by atoms with Gasteiger partial charge >= 0.3 is 0 Å². The van der Waals surface area contributed by atoms with E-state index in [2.05, 4.69) is 205 Å². The molecule has 58 heavy (non-hydrogen) atoms. The van der Waals surface area contributed by atoms with Crippen molar-refractivity contribution >= 4 is 35.3 Å². The Labute approximate surface area is 354 Å². The van der Waals surface area contributed by atoms with Crippen LogP contribution in [0.15, 0.2) is 143 Å². The normalized spacial score (nSPS) is 23.6. The lowest BCUT2D eigenvalue weighted by Crippen LogP contribution is -2.28. The molecule has 3 aromatic rings. The van der Waals surface area contributed by atoms with Gasteiger partial charge in [0.05, 0.1) is 11.3 Å². The van der Waals surface area contributed by atoms with Crippen LogP contribution in [0.5, 0.6) is 0 Å². The Morgan fingerprint density at radius 1 is 0.966 bits per heavy atom. The van der Waals surface area contributed by atoms with Gasteiger partial charge in [-0.1, -0.05) is 150 Å². The van der Waals surface area contributed by atoms with Gasteiger partial charge in [-0.05, 0) is 132 Å². The topological polar surface area (TPSA) is 19.6 Å². The van der Waals surface area contributed by atoms with E-state index in [9.17, 15) is 0 Å². The predicted molar refractivity (Wildman–Crippen MR) is 255 cm³/mol. The lowest BCUT2D eigenvalue weighted by Gasteiger charge is -2.33. The van der Waals surface area contributed by atoms with Gasteiger partial charge in [0.2, 0.25) is 7.28 Å². The molecule has 1 aromatic heterocycles. The molecule has 0 amide bonds. The first-order valence-electron chi connectivity index (χ1n) is 21.9. The van der Waals surface area contributed by atoms with Crippen LogP contribution in [0.2, 0.25) is 0 Å². The monoisotopic (exact) mass is 776 g/mol. The van der Waals surface area contributed by atoms with Gasteiger partial charge < -0.3 is 14.2 Å². The number of benzene rings is 2. The average Bonchev–Trinajstić information content (AvgIpc) is 3.53. The molecule has 0 spiro atoms. The van der Waals surface area contributed by atoms with Crippen molar-refractivity contribution in [2.45, 2.75) is 133 Å². The number of nitrogens with zero attached hydrogens (tertiary/aromatic N) is 2. The average molecular weight is 776 g/mol. The summed E-state index contributed by atoms with van der Waals surface area (Å²) in [6.45, 7) is 38.8. The minimum Gasteiger partial charge on any atom is -0.469 e. The van der Waals surface area contributed by atoms with Crippen molar-refractivity contribution in [2.75, 3.05) is 4.90 Å². The second kappa shape index (κ2) is 18.2. The molecule has 5 rings (SSSR count). The molecule has 0 bridgehead atoms. The Balaban J connectivity index is 1.87. The summed E-state index contributed by atoms with van der Waals surface area (Å²) in [6.07, 6.45) is 23.3. The Morgan fingerprint density at radius 2 is 1.64 bits per heavy atom. The SMILES string of the molecule is C=C/C=C1\C=C\N(C2=C(C)/C=C/C(C)CCC(C)(C)\C=C\2)/C(CC(CC)C(=C)C(C)CC)=C\[B]c2oc3ccc(C(C)(C)C)cc3c2N1c1ccc(C(C)(C)C)cc1. The van der Waals surface area contributed by atoms with Crippen molar-refractivity contribution in [2.24, 2.45) is 23.2 Å². The van der Waals surface area contributed by atoms with Crippen molar-refractivity contribution in [3.05, 3.63) is 150 Å². The Kier molecular flexibility index (Phi) is 14.0. The summed E-state index contributed by atoms with van der Waals surface area (Å²) in [5.41, 5.74) is 12.3. The fourth-order valence-electron chi connectivity index (χ4n) is 7.99. The van der Waals surface area contributed by atoms with Crippen LogP contribution in [0.3, 0.4) is 0 Å². The first-order chi connectivity index (χ1) is 27.3. The van der Waals surface area contributed by atoms with E-state index < -0.39 is 0 Å². The van der Waals surface area contributed by atoms with Crippen molar-refractivity contribution in [3.8, 4) is 0 Å². The highest BCUT2D eigenvalue weighted by molar-refractivity contribution is 6.60. The number of allylic oxidation sites excluding steroid dienone is 10. The number of hydrogen-bond donors (Lipinski definition) is 0. The van der Waals surface area contributed by atoms with Gasteiger partial charge in [-0.15, -0.1) is 0 Å². The van der Waals surface area contributed by atoms with Crippen LogP contribution in [0.4, 0.5) is 11.4 Å². The maximum Gasteiger partial charge on any atom is 0.236 e. The smallest absolute Gasteiger partial charge is 0.236 e. The molecular weight excluding hydrogens is 703 g/mol. The summed E-state index contributed by atoms with van der Waals surface area (Å²) < 4.78 is 6.94. The molecule has 1 radical (unpaired) electrons. The fraction of sp³-hybridized carbons (Fsp3) is 0.444. The third kappa shape index (κ3) is 10.4. The first kappa shape index (κ1) is 44.7. The zero-order chi connectivity index (χ0) is 42.6. The van der Waals surface area contributed by atoms with Gasteiger partial charge in [-0.25, -0.2) is 0 Å². The van der Waals surface area contributed by atoms with Gasteiger partial charge in [0.25, 0.3) is 0 Å². The van der Waals surface area contributed by atoms with Crippen molar-refractivity contribution in [1.29, 1.82) is 0 Å². The van der Waals surface area contributed by atoms with E-state index in [1.54, 1.807) is 0 Å². The van der Waals surface area contributed by atoms with E-state index in [0.29, 0.717) is 17.8 Å². The Bertz CT molecular complexity index is 2130. The maximum absolute atomic E-state index is 6.94. The summed E-state index contributed by atoms with van der Waals surface area (Å²) in [6, 6.07) is 15.7. The van der Waals surface area contributed by atoms with Crippen LogP contribution < -0.4 is 10.6 Å². The van der Waals surface area contributed by atoms with Crippen molar-refractivity contribution < 1.29 is 4.42 Å². The third-order valence-corrected chi connectivity index (χ3v) is 12.4. The number of rotatable bonds is 9. The van der Waals surface area contributed by atoms with E-state index >= 15 is 0 Å². The van der Waals surface area contributed by atoms with Crippen LogP contribution in [0.1, 0.15) is 133 Å². The van der Waals surface area contributed by atoms with E-state index in [1.165, 1.54) is 28.0 Å². The maximum atomic E-state index is 6.94. The number of fused-ring (bicyclic) bond motifs is 3. The zero-order valence-electron chi connectivity index (χ0n) is 38.3. The van der Waals surface area contributed by atoms with Crippen LogP contribution in [-0.4, -0.2) is 12.2 Å². The molecule has 3 nitrogen and oxygen atoms in total. The molecule has 307 valence electrons. The minimum absolute atomic E-state index is 0.0282. The standard InChI is InChI=1S/C54H72BN2O/c1-16-19-44-30-33-56(48-29-32-54(14,15)31-28-37(4)20-21-39(48)6)46(34-41(18-3)40(7)38(5)17-2)36-55-51-50(47-35-43(53(11,12)13)24-27-49(47)58-51)57(44)45-25-22-42(23-26-45)52(8,9)10/h16,19-27,29-30,32-33,35-38,41H,1,7,17-18,28,31,34H2,2-6,8-15H3/b21-20+,32-29+,33-30+,44-19+,46-36-,48-39+. The van der Waals surface area contributed by atoms with E-state index in [1.807, 2.05) is 6.08 Å². The lowest BCUT2D eigenvalue weighted by molar-refractivity contribution is 0.393. The highest BCUT2D eigenvalue weighted by Crippen LogP contribution is 2.41. The molecule has 2 aliphatic rings. The Hall–Kier alpha value is -4.44. The largest absolute Gasteiger partial charge is 0.469 e. The van der Waals surface area contributed by atoms with Gasteiger partial charge in [0, 0.05) is 34.4 Å². The zero-order valence-corrected chi connectivity index (χ0v) is 38.3. The lowest BCUT2D eigenvalue weighted by atomic mass is 9.71. The summed E-state index contributed by atoms with van der Waals surface area (Å²) in [5, 5.41) is 1.08. The third-order valence-electron chi connectivity index (χ3n) is 12.4. The van der Waals surface area contributed by atoms with E-state index in [4.69, 9.17) is 11.0 Å². The molecule has 2 heterocycles. The second-order valence-electron chi connectivity index (χ2n) is 19.7. The highest BCUT2D eigenvalue weighted by atomic mass is 16.3. The van der Waals surface area contributed by atoms with Crippen LogP contribution in [0.25, 0.3) is 11.0 Å². The summed E-state index contributed by atoms with van der Waals surface area (Å²) in [4.78, 5) is 4.80. The molecule has 3 unspecified atom stereocenters. The van der Waals surface area contributed by atoms with Gasteiger partial charge in [0.15, 0.2) is 0 Å². The molecular formula is C54H72BN2O. The predicted octanol–water partition coefficient (Wildman–Crippen LogP) is 15.1. The summed E-state index contributed by atoms with van der Waals surface area (Å²) >= 11 is 0. The van der Waals surface area contributed by atoms with Gasteiger partial charge in [-0.3, -0.25) is 0 Å². The number of hydrogen-bond acceptors (Lipinski definition) is 3. The molecule has 4 heteroatoms. The van der Waals surface area contributed by atoms with Crippen LogP contribution >= 0.6 is 0 Å². The Morgan fingerprint density at radius 3 is 2.26 bits per heavy atom. The summed E-state index contributed by atoms with van der Waals surface area (Å²) in [5.74, 6) is 3.57. The molecule has 1 aliphatic carbocycles. The fourth-order valence-corrected chi connectivity index (χ4v) is 7.99. The van der Waals surface area contributed by atoms with Gasteiger partial charge in [-0.2, -0.15) is 0 Å². The quantitative estimate of drug-likeness (QED) is 0.159. The van der Waals surface area contributed by atoms with Crippen LogP contribution in [-0.2, 0) is 10.8 Å². The van der Waals surface area contributed by atoms with Crippen molar-refractivity contribution in [1.82, 2.24) is 4.90 Å². The molecule has 2 aromatic carbocycles. The molecule has 1 aliphatic heterocycles. The highest BCUT2D eigenvalue weighted by Gasteiger charge is 2.29.